The van der Waals surface area contributed by atoms with Crippen LogP contribution in [-0.2, 0) is 10.8 Å². The van der Waals surface area contributed by atoms with Crippen LogP contribution in [0.3, 0.4) is 0 Å². The second-order valence-electron chi connectivity index (χ2n) is 15.4. The van der Waals surface area contributed by atoms with Crippen molar-refractivity contribution in [2.45, 2.75) is 175 Å². The van der Waals surface area contributed by atoms with Crippen molar-refractivity contribution in [1.29, 1.82) is 0 Å². The normalized spacial score (nSPS) is 11.9. The lowest BCUT2D eigenvalue weighted by atomic mass is 9.76. The van der Waals surface area contributed by atoms with E-state index in [1.165, 1.54) is 101 Å². The summed E-state index contributed by atoms with van der Waals surface area (Å²) >= 11 is 0. The predicted molar refractivity (Wildman–Crippen MR) is 207 cm³/mol. The summed E-state index contributed by atoms with van der Waals surface area (Å²) in [5.74, 6) is 1.04. The van der Waals surface area contributed by atoms with Crippen molar-refractivity contribution < 1.29 is 39.6 Å². The van der Waals surface area contributed by atoms with Crippen LogP contribution in [0, 0.1) is 13.8 Å². The Balaban J connectivity index is 0.00000258. The molecule has 0 saturated carbocycles. The van der Waals surface area contributed by atoms with Crippen molar-refractivity contribution in [2.75, 3.05) is 0 Å². The molecule has 2 rings (SSSR count). The average molecular weight is 729 g/mol. The van der Waals surface area contributed by atoms with Gasteiger partial charge >= 0.3 is 17.2 Å². The highest BCUT2D eigenvalue weighted by Gasteiger charge is 2.27. The van der Waals surface area contributed by atoms with Crippen LogP contribution < -0.4 is 0 Å². The third-order valence-electron chi connectivity index (χ3n) is 8.98. The molecule has 10 heteroatoms. The number of phenols is 2. The fraction of sp³-hybridized carbons (Fsp3) is 0.692. The molecule has 0 unspecified atom stereocenters. The Morgan fingerprint density at radius 3 is 1.02 bits per heavy atom. The second kappa shape index (κ2) is 24.8. The van der Waals surface area contributed by atoms with Crippen LogP contribution >= 0.6 is 17.2 Å². The third-order valence-corrected chi connectivity index (χ3v) is 8.98. The lowest BCUT2D eigenvalue weighted by molar-refractivity contribution is 0.366. The van der Waals surface area contributed by atoms with Gasteiger partial charge in [0.1, 0.15) is 11.5 Å². The van der Waals surface area contributed by atoms with Crippen molar-refractivity contribution in [3.05, 3.63) is 57.6 Å². The molecule has 8 N–H and O–H groups in total. The number of aryl methyl sites for hydroxylation is 2. The van der Waals surface area contributed by atoms with E-state index in [2.05, 4.69) is 74.4 Å². The number of hydrogen-bond acceptors (Lipinski definition) is 8. The Morgan fingerprint density at radius 1 is 0.490 bits per heavy atom. The van der Waals surface area contributed by atoms with E-state index in [-0.39, 0.29) is 16.7 Å². The van der Waals surface area contributed by atoms with E-state index >= 15 is 0 Å². The fourth-order valence-electron chi connectivity index (χ4n) is 6.39. The lowest BCUT2D eigenvalue weighted by Crippen LogP contribution is -2.16. The fourth-order valence-corrected chi connectivity index (χ4v) is 6.39. The Kier molecular flexibility index (Phi) is 24.1. The van der Waals surface area contributed by atoms with E-state index in [1.54, 1.807) is 0 Å². The molecule has 0 aliphatic rings. The topological polar surface area (TPSA) is 162 Å². The summed E-state index contributed by atoms with van der Waals surface area (Å²) < 4.78 is 0. The lowest BCUT2D eigenvalue weighted by Gasteiger charge is -2.29. The van der Waals surface area contributed by atoms with Gasteiger partial charge in [0.05, 0.1) is 0 Å². The maximum atomic E-state index is 10.8. The second-order valence-corrected chi connectivity index (χ2v) is 16.5. The number of hydrogen-bond donors (Lipinski definition) is 8. The average Bonchev–Trinajstić information content (AvgIpc) is 2.94. The van der Waals surface area contributed by atoms with Crippen LogP contribution in [0.5, 0.6) is 11.5 Å². The van der Waals surface area contributed by atoms with Gasteiger partial charge in [-0.2, -0.15) is 0 Å². The molecule has 2 aromatic carbocycles. The highest BCUT2D eigenvalue weighted by atomic mass is 31.2. The molecule has 0 aliphatic carbocycles. The van der Waals surface area contributed by atoms with Gasteiger partial charge in [0.25, 0.3) is 0 Å². The van der Waals surface area contributed by atoms with E-state index in [0.29, 0.717) is 11.5 Å². The van der Waals surface area contributed by atoms with Gasteiger partial charge in [0, 0.05) is 5.92 Å². The van der Waals surface area contributed by atoms with Crippen LogP contribution in [0.15, 0.2) is 24.3 Å². The monoisotopic (exact) mass is 728 g/mol. The van der Waals surface area contributed by atoms with Crippen molar-refractivity contribution in [3.63, 3.8) is 0 Å². The van der Waals surface area contributed by atoms with Crippen molar-refractivity contribution in [1.82, 2.24) is 0 Å². The molecule has 0 fully saturated rings. The van der Waals surface area contributed by atoms with Crippen LogP contribution in [0.4, 0.5) is 0 Å². The molecule has 0 bridgehead atoms. The first-order valence-electron chi connectivity index (χ1n) is 18.1. The number of phenolic OH excluding ortho intramolecular Hbond substituents is 2. The first-order valence-corrected chi connectivity index (χ1v) is 20.5. The molecular formula is C39H70O8P2. The summed E-state index contributed by atoms with van der Waals surface area (Å²) in [5, 5.41) is 21.6. The summed E-state index contributed by atoms with van der Waals surface area (Å²) in [7, 11) is -5.24. The molecule has 0 radical (unpaired) electrons. The van der Waals surface area contributed by atoms with E-state index in [0.717, 1.165) is 28.7 Å². The van der Waals surface area contributed by atoms with Gasteiger partial charge in [-0.25, -0.2) is 0 Å². The van der Waals surface area contributed by atoms with Gasteiger partial charge < -0.3 is 39.6 Å². The molecule has 0 atom stereocenters. The molecule has 0 heterocycles. The Morgan fingerprint density at radius 2 is 0.755 bits per heavy atom. The van der Waals surface area contributed by atoms with Gasteiger partial charge in [0.2, 0.25) is 0 Å². The molecule has 0 amide bonds. The van der Waals surface area contributed by atoms with E-state index in [9.17, 15) is 10.2 Å². The molecule has 0 spiro atoms. The van der Waals surface area contributed by atoms with Gasteiger partial charge in [-0.1, -0.05) is 150 Å². The van der Waals surface area contributed by atoms with Crippen molar-refractivity contribution >= 4 is 17.2 Å². The van der Waals surface area contributed by atoms with Gasteiger partial charge in [-0.15, -0.1) is 0 Å². The molecule has 284 valence electrons. The summed E-state index contributed by atoms with van der Waals surface area (Å²) in [4.78, 5) is 43.4. The standard InChI is InChI=1S/C39H64O2.2H3O3P/c1-10-11-12-13-14-15-16-17-18-19-20-21-22-23-24-31(32-27-34(38(4,5)6)36(40)25-29(32)2)33-28-35(39(7,8)9)37(41)26-30(33)3;2*1-4(2)3/h25-28,31,40-41H,10-24H2,1-9H3;2*1-3H. The van der Waals surface area contributed by atoms with Crippen LogP contribution in [0.2, 0.25) is 0 Å². The van der Waals surface area contributed by atoms with E-state index in [4.69, 9.17) is 29.4 Å². The molecule has 8 nitrogen and oxygen atoms in total. The number of benzene rings is 2. The minimum absolute atomic E-state index is 0.132. The van der Waals surface area contributed by atoms with Crippen LogP contribution in [-0.4, -0.2) is 39.6 Å². The molecule has 0 aliphatic heterocycles. The highest BCUT2D eigenvalue weighted by Crippen LogP contribution is 2.42. The van der Waals surface area contributed by atoms with Crippen molar-refractivity contribution in [3.8, 4) is 11.5 Å². The Bertz CT molecular complexity index is 1090. The Hall–Kier alpha value is -1.34. The zero-order valence-corrected chi connectivity index (χ0v) is 33.8. The Labute approximate surface area is 300 Å². The summed E-state index contributed by atoms with van der Waals surface area (Å²) in [6, 6.07) is 8.47. The van der Waals surface area contributed by atoms with Crippen molar-refractivity contribution in [2.24, 2.45) is 0 Å². The summed E-state index contributed by atoms with van der Waals surface area (Å²) in [6.45, 7) is 19.6. The number of aromatic hydroxyl groups is 2. The predicted octanol–water partition coefficient (Wildman–Crippen LogP) is 10.7. The van der Waals surface area contributed by atoms with Gasteiger partial charge in [-0.05, 0) is 76.6 Å². The minimum Gasteiger partial charge on any atom is -0.508 e. The molecular weight excluding hydrogens is 658 g/mol. The molecule has 0 aromatic heterocycles. The summed E-state index contributed by atoms with van der Waals surface area (Å²) in [6.07, 6.45) is 20.2. The van der Waals surface area contributed by atoms with Gasteiger partial charge in [0.15, 0.2) is 0 Å². The number of unbranched alkanes of at least 4 members (excludes halogenated alkanes) is 13. The number of rotatable bonds is 17. The first kappa shape index (κ1) is 47.7. The molecule has 49 heavy (non-hydrogen) atoms. The quantitative estimate of drug-likeness (QED) is 0.0589. The zero-order chi connectivity index (χ0) is 37.8. The first-order chi connectivity index (χ1) is 22.7. The van der Waals surface area contributed by atoms with Crippen LogP contribution in [0.1, 0.15) is 184 Å². The van der Waals surface area contributed by atoms with Gasteiger partial charge in [-0.3, -0.25) is 0 Å². The maximum Gasteiger partial charge on any atom is 0.324 e. The largest absolute Gasteiger partial charge is 0.508 e. The smallest absolute Gasteiger partial charge is 0.324 e. The summed E-state index contributed by atoms with van der Waals surface area (Å²) in [5.41, 5.74) is 6.69. The highest BCUT2D eigenvalue weighted by molar-refractivity contribution is 7.38. The zero-order valence-electron chi connectivity index (χ0n) is 32.0. The van der Waals surface area contributed by atoms with Crippen LogP contribution in [0.25, 0.3) is 0 Å². The molecule has 2 aromatic rings. The third kappa shape index (κ3) is 20.9. The van der Waals surface area contributed by atoms with E-state index < -0.39 is 17.2 Å². The van der Waals surface area contributed by atoms with E-state index in [1.807, 2.05) is 12.1 Å². The SMILES string of the molecule is CCCCCCCCCCCCCCCCC(c1cc(C(C)(C)C)c(O)cc1C)c1cc(C(C)(C)C)c(O)cc1C.OP(O)O.OP(O)O. The molecule has 0 saturated heterocycles. The maximum absolute atomic E-state index is 10.8. The minimum atomic E-state index is -2.62.